The molecule has 2 bridgehead atoms. The van der Waals surface area contributed by atoms with Gasteiger partial charge in [-0.1, -0.05) is 0 Å². The van der Waals surface area contributed by atoms with E-state index in [0.717, 1.165) is 0 Å². The predicted molar refractivity (Wildman–Crippen MR) is 45.7 cm³/mol. The molecule has 3 aliphatic carbocycles. The van der Waals surface area contributed by atoms with Crippen LogP contribution in [0.5, 0.6) is 0 Å². The van der Waals surface area contributed by atoms with Crippen molar-refractivity contribution < 1.29 is 13.6 Å². The molecule has 0 heterocycles. The highest BCUT2D eigenvalue weighted by molar-refractivity contribution is 5.79. The van der Waals surface area contributed by atoms with Crippen molar-refractivity contribution in [2.24, 2.45) is 23.7 Å². The topological polar surface area (TPSA) is 29.1 Å². The molecule has 2 nitrogen and oxygen atoms in total. The van der Waals surface area contributed by atoms with E-state index in [0.29, 0.717) is 23.7 Å². The molecule has 78 valence electrons. The second kappa shape index (κ2) is 2.67. The van der Waals surface area contributed by atoms with E-state index in [4.69, 9.17) is 0 Å². The van der Waals surface area contributed by atoms with E-state index in [9.17, 15) is 13.6 Å². The number of rotatable bonds is 2. The number of carbonyl (C=O) groups excluding carboxylic acids is 1. The average molecular weight is 201 g/mol. The van der Waals surface area contributed by atoms with E-state index in [1.54, 1.807) is 0 Å². The number of amides is 1. The minimum atomic E-state index is -2.85. The fourth-order valence-electron chi connectivity index (χ4n) is 3.75. The summed E-state index contributed by atoms with van der Waals surface area (Å²) in [5.74, 6) is 1.43. The van der Waals surface area contributed by atoms with Crippen LogP contribution in [0.3, 0.4) is 0 Å². The van der Waals surface area contributed by atoms with Gasteiger partial charge in [0.15, 0.2) is 0 Å². The number of hydrogen-bond donors (Lipinski definition) is 1. The van der Waals surface area contributed by atoms with E-state index in [1.165, 1.54) is 19.3 Å². The van der Waals surface area contributed by atoms with Crippen molar-refractivity contribution >= 4 is 5.91 Å². The summed E-state index contributed by atoms with van der Waals surface area (Å²) in [6.45, 7) is 0. The number of alkyl halides is 2. The van der Waals surface area contributed by atoms with Crippen LogP contribution in [0.25, 0.3) is 0 Å². The molecule has 14 heavy (non-hydrogen) atoms. The van der Waals surface area contributed by atoms with E-state index in [-0.39, 0.29) is 6.04 Å². The molecule has 0 saturated heterocycles. The van der Waals surface area contributed by atoms with Crippen LogP contribution in [-0.4, -0.2) is 18.4 Å². The van der Waals surface area contributed by atoms with Gasteiger partial charge >= 0.3 is 6.43 Å². The second-order valence-electron chi connectivity index (χ2n) is 4.82. The Hall–Kier alpha value is -0.670. The lowest BCUT2D eigenvalue weighted by atomic mass is 10.0. The van der Waals surface area contributed by atoms with Gasteiger partial charge in [0, 0.05) is 6.04 Å². The third kappa shape index (κ3) is 1.03. The first-order valence-electron chi connectivity index (χ1n) is 5.27. The van der Waals surface area contributed by atoms with Gasteiger partial charge in [0.05, 0.1) is 0 Å². The van der Waals surface area contributed by atoms with Gasteiger partial charge in [0.2, 0.25) is 0 Å². The average Bonchev–Trinajstić information content (AvgIpc) is 2.59. The Morgan fingerprint density at radius 2 is 1.79 bits per heavy atom. The summed E-state index contributed by atoms with van der Waals surface area (Å²) in [4.78, 5) is 10.8. The second-order valence-corrected chi connectivity index (χ2v) is 4.82. The van der Waals surface area contributed by atoms with Gasteiger partial charge in [0.1, 0.15) is 0 Å². The first kappa shape index (κ1) is 8.62. The lowest BCUT2D eigenvalue weighted by Gasteiger charge is -2.09. The van der Waals surface area contributed by atoms with E-state index in [2.05, 4.69) is 5.32 Å². The van der Waals surface area contributed by atoms with Gasteiger partial charge < -0.3 is 5.32 Å². The summed E-state index contributed by atoms with van der Waals surface area (Å²) in [6, 6.07) is 0.0859. The van der Waals surface area contributed by atoms with Crippen molar-refractivity contribution in [3.63, 3.8) is 0 Å². The third-order valence-electron chi connectivity index (χ3n) is 4.24. The zero-order valence-corrected chi connectivity index (χ0v) is 7.75. The van der Waals surface area contributed by atoms with Crippen molar-refractivity contribution in [1.29, 1.82) is 0 Å². The van der Waals surface area contributed by atoms with E-state index >= 15 is 0 Å². The molecule has 3 saturated carbocycles. The van der Waals surface area contributed by atoms with Gasteiger partial charge in [-0.05, 0) is 42.9 Å². The molecule has 0 aliphatic heterocycles. The predicted octanol–water partition coefficient (Wildman–Crippen LogP) is 1.41. The number of fused-ring (bicyclic) bond motifs is 5. The monoisotopic (exact) mass is 201 g/mol. The number of hydrogen-bond acceptors (Lipinski definition) is 1. The smallest absolute Gasteiger partial charge is 0.315 e. The number of nitrogens with one attached hydrogen (secondary N) is 1. The summed E-state index contributed by atoms with van der Waals surface area (Å²) >= 11 is 0. The molecule has 0 aromatic carbocycles. The Morgan fingerprint density at radius 3 is 2.29 bits per heavy atom. The van der Waals surface area contributed by atoms with Crippen LogP contribution < -0.4 is 5.32 Å². The number of carbonyl (C=O) groups is 1. The maximum absolute atomic E-state index is 12.0. The van der Waals surface area contributed by atoms with Crippen LogP contribution in [0.4, 0.5) is 8.78 Å². The SMILES string of the molecule is O=C(NC1C2C3CCC(C3)C12)C(F)F. The molecule has 0 aromatic rings. The fraction of sp³-hybridized carbons (Fsp3) is 0.900. The van der Waals surface area contributed by atoms with E-state index in [1.807, 2.05) is 0 Å². The normalized spacial score (nSPS) is 48.1. The molecule has 4 atom stereocenters. The fourth-order valence-corrected chi connectivity index (χ4v) is 3.75. The molecule has 0 radical (unpaired) electrons. The largest absolute Gasteiger partial charge is 0.348 e. The Labute approximate surface area is 81.0 Å². The van der Waals surface area contributed by atoms with Crippen LogP contribution >= 0.6 is 0 Å². The van der Waals surface area contributed by atoms with Crippen molar-refractivity contribution in [1.82, 2.24) is 5.32 Å². The van der Waals surface area contributed by atoms with Gasteiger partial charge in [-0.2, -0.15) is 8.78 Å². The summed E-state index contributed by atoms with van der Waals surface area (Å²) in [6.07, 6.45) is 0.907. The van der Waals surface area contributed by atoms with Crippen LogP contribution in [0.15, 0.2) is 0 Å². The first-order valence-corrected chi connectivity index (χ1v) is 5.27. The molecule has 1 amide bonds. The molecule has 3 fully saturated rings. The standard InChI is InChI=1S/C10H13F2NO/c11-9(12)10(14)13-8-6-4-1-2-5(3-4)7(6)8/h4-9H,1-3H2,(H,13,14). The van der Waals surface area contributed by atoms with Gasteiger partial charge in [-0.15, -0.1) is 0 Å². The Morgan fingerprint density at radius 1 is 1.21 bits per heavy atom. The first-order chi connectivity index (χ1) is 6.68. The molecular weight excluding hydrogens is 188 g/mol. The molecule has 4 heteroatoms. The summed E-state index contributed by atoms with van der Waals surface area (Å²) in [5.41, 5.74) is 0. The lowest BCUT2D eigenvalue weighted by molar-refractivity contribution is -0.132. The van der Waals surface area contributed by atoms with Gasteiger partial charge in [0.25, 0.3) is 5.91 Å². The van der Waals surface area contributed by atoms with Gasteiger partial charge in [-0.25, -0.2) is 0 Å². The molecule has 3 rings (SSSR count). The van der Waals surface area contributed by atoms with Crippen LogP contribution in [-0.2, 0) is 4.79 Å². The summed E-state index contributed by atoms with van der Waals surface area (Å²) < 4.78 is 24.0. The van der Waals surface area contributed by atoms with Crippen LogP contribution in [0.2, 0.25) is 0 Å². The Balaban J connectivity index is 1.61. The zero-order valence-electron chi connectivity index (χ0n) is 7.75. The van der Waals surface area contributed by atoms with Crippen LogP contribution in [0, 0.1) is 23.7 Å². The van der Waals surface area contributed by atoms with Crippen LogP contribution in [0.1, 0.15) is 19.3 Å². The Kier molecular flexibility index (Phi) is 1.65. The highest BCUT2D eigenvalue weighted by Gasteiger charge is 2.65. The minimum Gasteiger partial charge on any atom is -0.348 e. The molecule has 0 spiro atoms. The van der Waals surface area contributed by atoms with Crippen molar-refractivity contribution in [2.45, 2.75) is 31.7 Å². The molecule has 4 unspecified atom stereocenters. The Bertz CT molecular complexity index is 265. The quantitative estimate of drug-likeness (QED) is 0.719. The third-order valence-corrected chi connectivity index (χ3v) is 4.24. The summed E-state index contributed by atoms with van der Waals surface area (Å²) in [7, 11) is 0. The van der Waals surface area contributed by atoms with Gasteiger partial charge in [-0.3, -0.25) is 4.79 Å². The highest BCUT2D eigenvalue weighted by atomic mass is 19.3. The molecular formula is C10H13F2NO. The maximum Gasteiger partial charge on any atom is 0.315 e. The molecule has 0 aromatic heterocycles. The lowest BCUT2D eigenvalue weighted by Crippen LogP contribution is -2.34. The molecule has 3 aliphatic rings. The molecule has 1 N–H and O–H groups in total. The van der Waals surface area contributed by atoms with Crippen molar-refractivity contribution in [2.75, 3.05) is 0 Å². The van der Waals surface area contributed by atoms with E-state index < -0.39 is 12.3 Å². The van der Waals surface area contributed by atoms with Crippen molar-refractivity contribution in [3.05, 3.63) is 0 Å². The minimum absolute atomic E-state index is 0.0859. The zero-order chi connectivity index (χ0) is 9.87. The maximum atomic E-state index is 12.0. The summed E-state index contributed by atoms with van der Waals surface area (Å²) in [5, 5.41) is 2.47. The highest BCUT2D eigenvalue weighted by Crippen LogP contribution is 2.65. The van der Waals surface area contributed by atoms with Crippen molar-refractivity contribution in [3.8, 4) is 0 Å². The number of halogens is 2.